The Hall–Kier alpha value is -3.35. The number of hydrogen-bond acceptors (Lipinski definition) is 5. The molecule has 0 aliphatic rings. The summed E-state index contributed by atoms with van der Waals surface area (Å²) < 4.78 is 13.2. The number of aromatic nitrogens is 2. The van der Waals surface area contributed by atoms with E-state index in [-0.39, 0.29) is 17.7 Å². The fourth-order valence-corrected chi connectivity index (χ4v) is 3.83. The quantitative estimate of drug-likeness (QED) is 0.374. The van der Waals surface area contributed by atoms with Crippen molar-refractivity contribution >= 4 is 27.8 Å². The Bertz CT molecular complexity index is 1290. The van der Waals surface area contributed by atoms with Gasteiger partial charge in [-0.1, -0.05) is 20.8 Å². The summed E-state index contributed by atoms with van der Waals surface area (Å²) in [7, 11) is 0. The summed E-state index contributed by atoms with van der Waals surface area (Å²) in [6, 6.07) is 3.76. The number of imidazole rings is 1. The molecule has 0 bridgehead atoms. The van der Waals surface area contributed by atoms with Gasteiger partial charge < -0.3 is 18.7 Å². The number of furan rings is 1. The van der Waals surface area contributed by atoms with Crippen molar-refractivity contribution in [1.82, 2.24) is 14.9 Å². The van der Waals surface area contributed by atoms with E-state index in [1.54, 1.807) is 24.9 Å². The van der Waals surface area contributed by atoms with Crippen LogP contribution in [0.15, 0.2) is 50.7 Å². The number of rotatable bonds is 6. The van der Waals surface area contributed by atoms with Gasteiger partial charge in [0.15, 0.2) is 0 Å². The van der Waals surface area contributed by atoms with E-state index in [0.29, 0.717) is 23.3 Å². The van der Waals surface area contributed by atoms with Gasteiger partial charge in [0.1, 0.15) is 11.2 Å². The lowest BCUT2D eigenvalue weighted by Gasteiger charge is -2.16. The molecule has 4 rings (SSSR count). The molecule has 0 atom stereocenters. The van der Waals surface area contributed by atoms with Crippen LogP contribution < -0.4 is 10.9 Å². The largest absolute Gasteiger partial charge is 0.464 e. The lowest BCUT2D eigenvalue weighted by Crippen LogP contribution is -2.29. The van der Waals surface area contributed by atoms with Crippen molar-refractivity contribution in [1.29, 1.82) is 0 Å². The van der Waals surface area contributed by atoms with Gasteiger partial charge >= 0.3 is 5.63 Å². The number of carbonyl (C=O) groups is 1. The summed E-state index contributed by atoms with van der Waals surface area (Å²) in [6.45, 7) is 9.55. The maximum Gasteiger partial charge on any atom is 0.340 e. The van der Waals surface area contributed by atoms with Crippen molar-refractivity contribution < 1.29 is 13.6 Å². The van der Waals surface area contributed by atoms with E-state index in [0.717, 1.165) is 34.9 Å². The number of benzene rings is 1. The fraction of sp³-hybridized carbons (Fsp3) is 0.375. The monoisotopic (exact) mass is 421 g/mol. The number of amides is 1. The molecule has 0 radical (unpaired) electrons. The van der Waals surface area contributed by atoms with E-state index >= 15 is 0 Å². The first-order valence-corrected chi connectivity index (χ1v) is 10.4. The highest BCUT2D eigenvalue weighted by Gasteiger charge is 2.22. The Morgan fingerprint density at radius 2 is 2.00 bits per heavy atom. The van der Waals surface area contributed by atoms with Gasteiger partial charge in [0.2, 0.25) is 5.91 Å². The number of nitrogens with zero attached hydrogens (tertiary/aromatic N) is 2. The van der Waals surface area contributed by atoms with Crippen LogP contribution in [0.5, 0.6) is 0 Å². The van der Waals surface area contributed by atoms with Gasteiger partial charge in [0, 0.05) is 47.9 Å². The van der Waals surface area contributed by atoms with Crippen LogP contribution in [0, 0.1) is 6.92 Å². The van der Waals surface area contributed by atoms with Crippen molar-refractivity contribution in [3.63, 3.8) is 0 Å². The molecule has 0 saturated heterocycles. The predicted octanol–water partition coefficient (Wildman–Crippen LogP) is 4.09. The van der Waals surface area contributed by atoms with Crippen molar-refractivity contribution in [3.05, 3.63) is 64.2 Å². The molecule has 0 fully saturated rings. The van der Waals surface area contributed by atoms with Crippen LogP contribution in [0.4, 0.5) is 0 Å². The van der Waals surface area contributed by atoms with Crippen LogP contribution >= 0.6 is 0 Å². The van der Waals surface area contributed by atoms with Crippen molar-refractivity contribution in [2.45, 2.75) is 52.5 Å². The highest BCUT2D eigenvalue weighted by Crippen LogP contribution is 2.35. The van der Waals surface area contributed by atoms with Crippen LogP contribution in [-0.4, -0.2) is 22.0 Å². The average Bonchev–Trinajstić information content (AvgIpc) is 3.36. The maximum atomic E-state index is 12.6. The zero-order valence-electron chi connectivity index (χ0n) is 18.3. The van der Waals surface area contributed by atoms with Crippen LogP contribution in [0.25, 0.3) is 21.9 Å². The highest BCUT2D eigenvalue weighted by molar-refractivity contribution is 5.97. The Balaban J connectivity index is 1.56. The van der Waals surface area contributed by atoms with E-state index < -0.39 is 5.63 Å². The summed E-state index contributed by atoms with van der Waals surface area (Å²) in [6.07, 6.45) is 7.88. The molecule has 1 N–H and O–H groups in total. The lowest BCUT2D eigenvalue weighted by atomic mass is 9.86. The molecule has 3 heterocycles. The van der Waals surface area contributed by atoms with Crippen molar-refractivity contribution in [3.8, 4) is 0 Å². The van der Waals surface area contributed by atoms with Gasteiger partial charge in [-0.2, -0.15) is 0 Å². The number of fused-ring (bicyclic) bond motifs is 2. The minimum atomic E-state index is -0.486. The molecule has 162 valence electrons. The summed E-state index contributed by atoms with van der Waals surface area (Å²) in [4.78, 5) is 29.0. The molecule has 7 nitrogen and oxygen atoms in total. The molecule has 3 aromatic heterocycles. The molecular weight excluding hydrogens is 394 g/mol. The Morgan fingerprint density at radius 3 is 2.71 bits per heavy atom. The smallest absolute Gasteiger partial charge is 0.340 e. The summed E-state index contributed by atoms with van der Waals surface area (Å²) in [5.74, 6) is -0.194. The molecule has 0 spiro atoms. The zero-order chi connectivity index (χ0) is 22.2. The minimum Gasteiger partial charge on any atom is -0.464 e. The second-order valence-corrected chi connectivity index (χ2v) is 8.92. The van der Waals surface area contributed by atoms with Gasteiger partial charge in [-0.05, 0) is 30.4 Å². The molecule has 31 heavy (non-hydrogen) atoms. The van der Waals surface area contributed by atoms with Crippen LogP contribution in [0.3, 0.4) is 0 Å². The normalized spacial score (nSPS) is 12.0. The predicted molar refractivity (Wildman–Crippen MR) is 119 cm³/mol. The van der Waals surface area contributed by atoms with E-state index in [9.17, 15) is 9.59 Å². The molecule has 0 saturated carbocycles. The van der Waals surface area contributed by atoms with E-state index in [4.69, 9.17) is 8.83 Å². The van der Waals surface area contributed by atoms with Gasteiger partial charge in [0.05, 0.1) is 24.6 Å². The Morgan fingerprint density at radius 1 is 1.19 bits per heavy atom. The van der Waals surface area contributed by atoms with Crippen LogP contribution in [0.1, 0.15) is 43.9 Å². The second kappa shape index (κ2) is 8.06. The number of hydrogen-bond donors (Lipinski definition) is 1. The zero-order valence-corrected chi connectivity index (χ0v) is 18.3. The molecule has 1 amide bonds. The molecular formula is C24H27N3O4. The lowest BCUT2D eigenvalue weighted by molar-refractivity contribution is -0.120. The van der Waals surface area contributed by atoms with Gasteiger partial charge in [0.25, 0.3) is 0 Å². The van der Waals surface area contributed by atoms with Gasteiger partial charge in [-0.3, -0.25) is 4.79 Å². The third-order valence-electron chi connectivity index (χ3n) is 5.60. The average molecular weight is 421 g/mol. The van der Waals surface area contributed by atoms with E-state index in [1.165, 1.54) is 0 Å². The molecule has 0 aliphatic carbocycles. The van der Waals surface area contributed by atoms with Crippen molar-refractivity contribution in [2.75, 3.05) is 6.54 Å². The first-order valence-electron chi connectivity index (χ1n) is 10.4. The first-order chi connectivity index (χ1) is 14.7. The minimum absolute atomic E-state index is 0.00919. The van der Waals surface area contributed by atoms with E-state index in [1.807, 2.05) is 23.8 Å². The van der Waals surface area contributed by atoms with Crippen LogP contribution in [0.2, 0.25) is 0 Å². The molecule has 7 heteroatoms. The SMILES string of the molecule is Cc1c(CC(=O)NCCCn2ccnc2)c(=O)oc2cc3occ(C(C)(C)C)c3cc12. The molecule has 0 unspecified atom stereocenters. The van der Waals surface area contributed by atoms with Gasteiger partial charge in [-0.15, -0.1) is 0 Å². The summed E-state index contributed by atoms with van der Waals surface area (Å²) in [5, 5.41) is 4.70. The first kappa shape index (κ1) is 20.9. The topological polar surface area (TPSA) is 90.3 Å². The van der Waals surface area contributed by atoms with Crippen molar-refractivity contribution in [2.24, 2.45) is 0 Å². The summed E-state index contributed by atoms with van der Waals surface area (Å²) in [5.41, 5.74) is 2.83. The third kappa shape index (κ3) is 4.26. The van der Waals surface area contributed by atoms with Crippen LogP contribution in [-0.2, 0) is 23.2 Å². The Kier molecular flexibility index (Phi) is 5.43. The van der Waals surface area contributed by atoms with E-state index in [2.05, 4.69) is 31.1 Å². The third-order valence-corrected chi connectivity index (χ3v) is 5.60. The number of aryl methyl sites for hydroxylation is 2. The summed E-state index contributed by atoms with van der Waals surface area (Å²) >= 11 is 0. The molecule has 4 aromatic rings. The Labute approximate surface area is 180 Å². The standard InChI is InChI=1S/C24H27N3O4/c1-15-16-10-18-19(24(2,3)4)13-30-20(18)12-21(16)31-23(29)17(15)11-22(28)26-6-5-8-27-9-7-25-14-27/h7,9-10,12-14H,5-6,8,11H2,1-4H3,(H,26,28). The number of nitrogens with one attached hydrogen (secondary N) is 1. The maximum absolute atomic E-state index is 12.6. The number of carbonyl (C=O) groups excluding carboxylic acids is 1. The highest BCUT2D eigenvalue weighted by atomic mass is 16.4. The van der Waals surface area contributed by atoms with Gasteiger partial charge in [-0.25, -0.2) is 9.78 Å². The fourth-order valence-electron chi connectivity index (χ4n) is 3.83. The molecule has 0 aliphatic heterocycles. The molecule has 1 aromatic carbocycles. The second-order valence-electron chi connectivity index (χ2n) is 8.92.